The summed E-state index contributed by atoms with van der Waals surface area (Å²) in [6, 6.07) is 35.2. The molecule has 0 aliphatic heterocycles. The van der Waals surface area contributed by atoms with Gasteiger partial charge in [-0.1, -0.05) is 97.1 Å². The molecule has 0 bridgehead atoms. The van der Waals surface area contributed by atoms with Crippen molar-refractivity contribution < 1.29 is 9.59 Å². The lowest BCUT2D eigenvalue weighted by Crippen LogP contribution is -2.15. The van der Waals surface area contributed by atoms with Gasteiger partial charge in [0.2, 0.25) is 11.6 Å². The molecule has 2 heteroatoms. The summed E-state index contributed by atoms with van der Waals surface area (Å²) in [5.41, 5.74) is 0.892. The van der Waals surface area contributed by atoms with Crippen molar-refractivity contribution in [3.05, 3.63) is 120 Å². The SMILES string of the molecule is O=C(C(=O)c1cc2ccccc2c2ccccc12)c1cc2ccccc2c2ccccc12. The van der Waals surface area contributed by atoms with Gasteiger partial charge in [0.1, 0.15) is 0 Å². The Morgan fingerprint density at radius 3 is 1.09 bits per heavy atom. The largest absolute Gasteiger partial charge is 0.285 e. The van der Waals surface area contributed by atoms with Gasteiger partial charge in [0.05, 0.1) is 0 Å². The molecule has 0 radical (unpaired) electrons. The van der Waals surface area contributed by atoms with Crippen LogP contribution in [0.2, 0.25) is 0 Å². The van der Waals surface area contributed by atoms with Gasteiger partial charge in [0.25, 0.3) is 0 Å². The topological polar surface area (TPSA) is 34.1 Å². The number of hydrogen-bond donors (Lipinski definition) is 0. The van der Waals surface area contributed by atoms with Crippen LogP contribution in [0.4, 0.5) is 0 Å². The molecule has 6 rings (SSSR count). The normalized spacial score (nSPS) is 11.4. The van der Waals surface area contributed by atoms with Crippen LogP contribution in [0.25, 0.3) is 43.1 Å². The van der Waals surface area contributed by atoms with E-state index in [9.17, 15) is 9.59 Å². The van der Waals surface area contributed by atoms with Crippen LogP contribution in [-0.2, 0) is 0 Å². The van der Waals surface area contributed by atoms with Crippen LogP contribution in [0.1, 0.15) is 20.7 Å². The Morgan fingerprint density at radius 1 is 0.375 bits per heavy atom. The third-order valence-corrected chi connectivity index (χ3v) is 6.23. The molecule has 0 atom stereocenters. The van der Waals surface area contributed by atoms with Crippen molar-refractivity contribution in [2.24, 2.45) is 0 Å². The summed E-state index contributed by atoms with van der Waals surface area (Å²) >= 11 is 0. The van der Waals surface area contributed by atoms with E-state index >= 15 is 0 Å². The molecule has 0 spiro atoms. The van der Waals surface area contributed by atoms with Gasteiger partial charge in [-0.25, -0.2) is 0 Å². The van der Waals surface area contributed by atoms with E-state index in [0.717, 1.165) is 43.1 Å². The molecule has 6 aromatic carbocycles. The standard InChI is InChI=1S/C30H18O2/c31-29(27-17-19-9-1-3-11-21(19)23-13-5-7-15-25(23)27)30(32)28-18-20-10-2-4-12-22(20)24-14-6-8-16-26(24)28/h1-18H. The Balaban J connectivity index is 1.60. The van der Waals surface area contributed by atoms with Crippen LogP contribution in [0.5, 0.6) is 0 Å². The molecule has 0 saturated carbocycles. The van der Waals surface area contributed by atoms with E-state index in [-0.39, 0.29) is 0 Å². The second-order valence-corrected chi connectivity index (χ2v) is 8.04. The maximum atomic E-state index is 13.6. The molecule has 0 aliphatic rings. The van der Waals surface area contributed by atoms with Crippen LogP contribution in [0, 0.1) is 0 Å². The molecule has 0 heterocycles. The van der Waals surface area contributed by atoms with Gasteiger partial charge >= 0.3 is 0 Å². The second-order valence-electron chi connectivity index (χ2n) is 8.04. The molecule has 2 nitrogen and oxygen atoms in total. The fraction of sp³-hybridized carbons (Fsp3) is 0. The summed E-state index contributed by atoms with van der Waals surface area (Å²) in [5, 5.41) is 7.60. The van der Waals surface area contributed by atoms with Crippen molar-refractivity contribution in [2.45, 2.75) is 0 Å². The molecule has 150 valence electrons. The van der Waals surface area contributed by atoms with E-state index in [0.29, 0.717) is 11.1 Å². The van der Waals surface area contributed by atoms with E-state index in [1.807, 2.05) is 109 Å². The maximum Gasteiger partial charge on any atom is 0.234 e. The van der Waals surface area contributed by atoms with Gasteiger partial charge in [-0.15, -0.1) is 0 Å². The smallest absolute Gasteiger partial charge is 0.234 e. The van der Waals surface area contributed by atoms with Crippen molar-refractivity contribution in [1.82, 2.24) is 0 Å². The lowest BCUT2D eigenvalue weighted by atomic mass is 9.89. The third kappa shape index (κ3) is 2.74. The molecule has 0 aromatic heterocycles. The van der Waals surface area contributed by atoms with E-state index in [4.69, 9.17) is 0 Å². The summed E-state index contributed by atoms with van der Waals surface area (Å²) in [6.07, 6.45) is 0. The van der Waals surface area contributed by atoms with Gasteiger partial charge in [0.15, 0.2) is 0 Å². The van der Waals surface area contributed by atoms with Crippen molar-refractivity contribution in [3.8, 4) is 0 Å². The van der Waals surface area contributed by atoms with E-state index < -0.39 is 11.6 Å². The predicted octanol–water partition coefficient (Wildman–Crippen LogP) is 7.37. The molecule has 0 unspecified atom stereocenters. The number of Topliss-reactive ketones (excluding diaryl/α,β-unsaturated/α-hetero) is 2. The Hall–Kier alpha value is -4.30. The highest BCUT2D eigenvalue weighted by Gasteiger charge is 2.24. The van der Waals surface area contributed by atoms with Gasteiger partial charge in [0, 0.05) is 11.1 Å². The number of hydrogen-bond acceptors (Lipinski definition) is 2. The summed E-state index contributed by atoms with van der Waals surface area (Å²) in [4.78, 5) is 27.3. The Bertz CT molecular complexity index is 1580. The minimum absolute atomic E-state index is 0.446. The van der Waals surface area contributed by atoms with Crippen LogP contribution in [-0.4, -0.2) is 11.6 Å². The lowest BCUT2D eigenvalue weighted by molar-refractivity contribution is 0.0819. The molecule has 32 heavy (non-hydrogen) atoms. The average molecular weight is 410 g/mol. The van der Waals surface area contributed by atoms with Crippen LogP contribution in [0.3, 0.4) is 0 Å². The highest BCUT2D eigenvalue weighted by molar-refractivity contribution is 6.53. The summed E-state index contributed by atoms with van der Waals surface area (Å²) < 4.78 is 0. The number of fused-ring (bicyclic) bond motifs is 6. The quantitative estimate of drug-likeness (QED) is 0.173. The zero-order valence-electron chi connectivity index (χ0n) is 17.2. The minimum atomic E-state index is -0.479. The van der Waals surface area contributed by atoms with Crippen LogP contribution >= 0.6 is 0 Å². The fourth-order valence-corrected chi connectivity index (χ4v) is 4.73. The van der Waals surface area contributed by atoms with Crippen molar-refractivity contribution in [1.29, 1.82) is 0 Å². The Morgan fingerprint density at radius 2 is 0.688 bits per heavy atom. The van der Waals surface area contributed by atoms with Crippen molar-refractivity contribution in [2.75, 3.05) is 0 Å². The third-order valence-electron chi connectivity index (χ3n) is 6.23. The van der Waals surface area contributed by atoms with Crippen molar-refractivity contribution >= 4 is 54.7 Å². The minimum Gasteiger partial charge on any atom is -0.285 e. The number of carbonyl (C=O) groups is 2. The Labute approximate surface area is 184 Å². The first-order chi connectivity index (χ1) is 15.7. The monoisotopic (exact) mass is 410 g/mol. The first kappa shape index (κ1) is 18.5. The highest BCUT2D eigenvalue weighted by atomic mass is 16.2. The summed E-state index contributed by atoms with van der Waals surface area (Å²) in [6.45, 7) is 0. The average Bonchev–Trinajstić information content (AvgIpc) is 2.87. The molecular formula is C30H18O2. The zero-order chi connectivity index (χ0) is 21.7. The summed E-state index contributed by atoms with van der Waals surface area (Å²) in [5.74, 6) is -0.959. The van der Waals surface area contributed by atoms with Gasteiger partial charge in [-0.2, -0.15) is 0 Å². The molecule has 0 fully saturated rings. The van der Waals surface area contributed by atoms with Crippen LogP contribution in [0.15, 0.2) is 109 Å². The van der Waals surface area contributed by atoms with Gasteiger partial charge in [-0.3, -0.25) is 9.59 Å². The highest BCUT2D eigenvalue weighted by Crippen LogP contribution is 2.32. The van der Waals surface area contributed by atoms with Crippen molar-refractivity contribution in [3.63, 3.8) is 0 Å². The zero-order valence-corrected chi connectivity index (χ0v) is 17.2. The first-order valence-corrected chi connectivity index (χ1v) is 10.6. The lowest BCUT2D eigenvalue weighted by Gasteiger charge is -2.12. The number of carbonyl (C=O) groups excluding carboxylic acids is 2. The molecular weight excluding hydrogens is 392 g/mol. The summed E-state index contributed by atoms with van der Waals surface area (Å²) in [7, 11) is 0. The number of ketones is 2. The fourth-order valence-electron chi connectivity index (χ4n) is 4.73. The van der Waals surface area contributed by atoms with Crippen LogP contribution < -0.4 is 0 Å². The predicted molar refractivity (Wildman–Crippen MR) is 132 cm³/mol. The molecule has 6 aromatic rings. The molecule has 0 saturated heterocycles. The Kier molecular flexibility index (Phi) is 4.12. The maximum absolute atomic E-state index is 13.6. The molecule has 0 N–H and O–H groups in total. The second kappa shape index (κ2) is 7.14. The van der Waals surface area contributed by atoms with Gasteiger partial charge in [-0.05, 0) is 55.2 Å². The van der Waals surface area contributed by atoms with E-state index in [1.54, 1.807) is 0 Å². The molecule has 0 aliphatic carbocycles. The van der Waals surface area contributed by atoms with Gasteiger partial charge < -0.3 is 0 Å². The molecule has 0 amide bonds. The van der Waals surface area contributed by atoms with E-state index in [1.165, 1.54) is 0 Å². The first-order valence-electron chi connectivity index (χ1n) is 10.6. The number of benzene rings is 6. The number of rotatable bonds is 3. The van der Waals surface area contributed by atoms with E-state index in [2.05, 4.69) is 0 Å².